The summed E-state index contributed by atoms with van der Waals surface area (Å²) in [6.45, 7) is 3.87. The zero-order valence-electron chi connectivity index (χ0n) is 13.0. The molecule has 1 aliphatic heterocycles. The van der Waals surface area contributed by atoms with Crippen LogP contribution in [0.25, 0.3) is 0 Å². The average Bonchev–Trinajstić information content (AvgIpc) is 2.47. The number of carbonyl (C=O) groups is 2. The summed E-state index contributed by atoms with van der Waals surface area (Å²) in [4.78, 5) is 25.9. The first-order valence-electron chi connectivity index (χ1n) is 7.94. The van der Waals surface area contributed by atoms with Crippen LogP contribution in [-0.4, -0.2) is 53.7 Å². The van der Waals surface area contributed by atoms with Gasteiger partial charge in [-0.3, -0.25) is 0 Å². The van der Waals surface area contributed by atoms with Crippen molar-refractivity contribution < 1.29 is 14.7 Å². The second-order valence-electron chi connectivity index (χ2n) is 6.61. The minimum atomic E-state index is -1.09. The zero-order chi connectivity index (χ0) is 15.5. The molecule has 2 atom stereocenters. The first-order valence-corrected chi connectivity index (χ1v) is 7.94. The summed E-state index contributed by atoms with van der Waals surface area (Å²) in [5.41, 5.74) is -1.09. The molecule has 2 fully saturated rings. The Morgan fingerprint density at radius 1 is 1.29 bits per heavy atom. The number of aliphatic carboxylic acids is 1. The average molecular weight is 297 g/mol. The monoisotopic (exact) mass is 297 g/mol. The fourth-order valence-electron chi connectivity index (χ4n) is 3.57. The van der Waals surface area contributed by atoms with E-state index in [9.17, 15) is 14.7 Å². The number of hydrogen-bond donors (Lipinski definition) is 3. The molecule has 21 heavy (non-hydrogen) atoms. The number of nitrogens with one attached hydrogen (secondary N) is 2. The number of amides is 2. The topological polar surface area (TPSA) is 81.7 Å². The second kappa shape index (κ2) is 6.64. The zero-order valence-corrected chi connectivity index (χ0v) is 13.0. The molecule has 1 saturated carbocycles. The molecule has 2 amide bonds. The Hall–Kier alpha value is -1.30. The molecule has 6 heteroatoms. The third-order valence-corrected chi connectivity index (χ3v) is 4.93. The SMILES string of the molecule is CC1CCCC(NC(=O)N(C)C2CCNCC2)(C(=O)O)C1. The van der Waals surface area contributed by atoms with Crippen LogP contribution in [-0.2, 0) is 4.79 Å². The minimum Gasteiger partial charge on any atom is -0.480 e. The molecule has 0 radical (unpaired) electrons. The van der Waals surface area contributed by atoms with E-state index >= 15 is 0 Å². The van der Waals surface area contributed by atoms with E-state index < -0.39 is 11.5 Å². The van der Waals surface area contributed by atoms with E-state index in [0.29, 0.717) is 18.8 Å². The fraction of sp³-hybridized carbons (Fsp3) is 0.867. The lowest BCUT2D eigenvalue weighted by atomic mass is 9.76. The van der Waals surface area contributed by atoms with Gasteiger partial charge in [-0.05, 0) is 44.7 Å². The molecule has 0 bridgehead atoms. The quantitative estimate of drug-likeness (QED) is 0.736. The van der Waals surface area contributed by atoms with Crippen molar-refractivity contribution in [2.45, 2.75) is 57.0 Å². The van der Waals surface area contributed by atoms with Crippen molar-refractivity contribution in [2.75, 3.05) is 20.1 Å². The van der Waals surface area contributed by atoms with E-state index in [2.05, 4.69) is 17.6 Å². The molecule has 0 spiro atoms. The minimum absolute atomic E-state index is 0.193. The molecule has 2 aliphatic rings. The van der Waals surface area contributed by atoms with Crippen LogP contribution in [0.4, 0.5) is 4.79 Å². The number of piperidine rings is 1. The van der Waals surface area contributed by atoms with Gasteiger partial charge in [0.1, 0.15) is 5.54 Å². The Kier molecular flexibility index (Phi) is 5.08. The van der Waals surface area contributed by atoms with Crippen LogP contribution < -0.4 is 10.6 Å². The van der Waals surface area contributed by atoms with Crippen molar-refractivity contribution in [2.24, 2.45) is 5.92 Å². The van der Waals surface area contributed by atoms with Crippen molar-refractivity contribution in [1.29, 1.82) is 0 Å². The Bertz CT molecular complexity index is 396. The third-order valence-electron chi connectivity index (χ3n) is 4.93. The maximum Gasteiger partial charge on any atom is 0.329 e. The number of carboxylic acids is 1. The molecule has 1 saturated heterocycles. The summed E-state index contributed by atoms with van der Waals surface area (Å²) >= 11 is 0. The van der Waals surface area contributed by atoms with E-state index in [1.54, 1.807) is 11.9 Å². The van der Waals surface area contributed by atoms with Gasteiger partial charge >= 0.3 is 12.0 Å². The van der Waals surface area contributed by atoms with Gasteiger partial charge in [-0.1, -0.05) is 19.8 Å². The number of rotatable bonds is 3. The Morgan fingerprint density at radius 2 is 1.95 bits per heavy atom. The van der Waals surface area contributed by atoms with Crippen LogP contribution in [0.15, 0.2) is 0 Å². The summed E-state index contributed by atoms with van der Waals surface area (Å²) < 4.78 is 0. The number of carbonyl (C=O) groups excluding carboxylic acids is 1. The molecule has 1 heterocycles. The summed E-state index contributed by atoms with van der Waals surface area (Å²) in [7, 11) is 1.77. The lowest BCUT2D eigenvalue weighted by Crippen LogP contribution is -2.60. The van der Waals surface area contributed by atoms with Crippen LogP contribution in [0.5, 0.6) is 0 Å². The molecule has 2 rings (SSSR count). The van der Waals surface area contributed by atoms with Crippen molar-refractivity contribution >= 4 is 12.0 Å². The highest BCUT2D eigenvalue weighted by Crippen LogP contribution is 2.32. The predicted octanol–water partition coefficient (Wildman–Crippen LogP) is 1.41. The number of nitrogens with zero attached hydrogens (tertiary/aromatic N) is 1. The summed E-state index contributed by atoms with van der Waals surface area (Å²) in [5, 5.41) is 15.7. The van der Waals surface area contributed by atoms with E-state index in [0.717, 1.165) is 38.8 Å². The molecule has 0 aromatic rings. The second-order valence-corrected chi connectivity index (χ2v) is 6.61. The Balaban J connectivity index is 2.02. The summed E-state index contributed by atoms with van der Waals surface area (Å²) in [5.74, 6) is -0.569. The van der Waals surface area contributed by atoms with E-state index in [-0.39, 0.29) is 12.1 Å². The van der Waals surface area contributed by atoms with E-state index in [1.807, 2.05) is 0 Å². The van der Waals surface area contributed by atoms with Gasteiger partial charge in [0.2, 0.25) is 0 Å². The first-order chi connectivity index (χ1) is 9.94. The van der Waals surface area contributed by atoms with Crippen LogP contribution in [0.2, 0.25) is 0 Å². The van der Waals surface area contributed by atoms with Gasteiger partial charge in [-0.25, -0.2) is 9.59 Å². The third kappa shape index (κ3) is 3.67. The maximum absolute atomic E-state index is 12.5. The standard InChI is InChI=1S/C15H27N3O3/c1-11-4-3-7-15(10-11,13(19)20)17-14(21)18(2)12-5-8-16-9-6-12/h11-12,16H,3-10H2,1-2H3,(H,17,21)(H,19,20). The van der Waals surface area contributed by atoms with Crippen molar-refractivity contribution in [3.8, 4) is 0 Å². The molecule has 0 aromatic carbocycles. The van der Waals surface area contributed by atoms with Gasteiger partial charge in [0, 0.05) is 13.1 Å². The molecule has 2 unspecified atom stereocenters. The van der Waals surface area contributed by atoms with Gasteiger partial charge in [0.05, 0.1) is 0 Å². The smallest absolute Gasteiger partial charge is 0.329 e. The normalized spacial score (nSPS) is 30.7. The lowest BCUT2D eigenvalue weighted by molar-refractivity contribution is -0.146. The van der Waals surface area contributed by atoms with Crippen LogP contribution in [0, 0.1) is 5.92 Å². The van der Waals surface area contributed by atoms with Crippen LogP contribution in [0.1, 0.15) is 45.4 Å². The van der Waals surface area contributed by atoms with Gasteiger partial charge < -0.3 is 20.6 Å². The van der Waals surface area contributed by atoms with Crippen molar-refractivity contribution in [3.05, 3.63) is 0 Å². The Morgan fingerprint density at radius 3 is 2.52 bits per heavy atom. The van der Waals surface area contributed by atoms with Gasteiger partial charge in [-0.15, -0.1) is 0 Å². The first kappa shape index (κ1) is 16.1. The van der Waals surface area contributed by atoms with Crippen molar-refractivity contribution in [3.63, 3.8) is 0 Å². The highest BCUT2D eigenvalue weighted by molar-refractivity contribution is 5.86. The van der Waals surface area contributed by atoms with Crippen molar-refractivity contribution in [1.82, 2.24) is 15.5 Å². The fourth-order valence-corrected chi connectivity index (χ4v) is 3.57. The highest BCUT2D eigenvalue weighted by atomic mass is 16.4. The lowest BCUT2D eigenvalue weighted by Gasteiger charge is -2.39. The molecular formula is C15H27N3O3. The maximum atomic E-state index is 12.5. The molecule has 120 valence electrons. The molecule has 6 nitrogen and oxygen atoms in total. The highest BCUT2D eigenvalue weighted by Gasteiger charge is 2.44. The van der Waals surface area contributed by atoms with E-state index in [1.165, 1.54) is 0 Å². The van der Waals surface area contributed by atoms with Crippen LogP contribution >= 0.6 is 0 Å². The summed E-state index contributed by atoms with van der Waals surface area (Å²) in [6, 6.07) is -0.0588. The predicted molar refractivity (Wildman–Crippen MR) is 80.2 cm³/mol. The number of urea groups is 1. The number of hydrogen-bond acceptors (Lipinski definition) is 3. The number of carboxylic acid groups (broad SMARTS) is 1. The van der Waals surface area contributed by atoms with E-state index in [4.69, 9.17) is 0 Å². The van der Waals surface area contributed by atoms with Gasteiger partial charge in [0.25, 0.3) is 0 Å². The molecular weight excluding hydrogens is 270 g/mol. The molecule has 0 aromatic heterocycles. The largest absolute Gasteiger partial charge is 0.480 e. The molecule has 1 aliphatic carbocycles. The van der Waals surface area contributed by atoms with Gasteiger partial charge in [-0.2, -0.15) is 0 Å². The van der Waals surface area contributed by atoms with Gasteiger partial charge in [0.15, 0.2) is 0 Å². The molecule has 3 N–H and O–H groups in total. The summed E-state index contributed by atoms with van der Waals surface area (Å²) in [6.07, 6.45) is 4.77. The Labute approximate surface area is 126 Å². The van der Waals surface area contributed by atoms with Crippen LogP contribution in [0.3, 0.4) is 0 Å².